The molecule has 0 aliphatic heterocycles. The summed E-state index contributed by atoms with van der Waals surface area (Å²) < 4.78 is 32.0. The highest BCUT2D eigenvalue weighted by Crippen LogP contribution is 2.38. The summed E-state index contributed by atoms with van der Waals surface area (Å²) in [6, 6.07) is 7.31. The molecule has 184 valence electrons. The summed E-state index contributed by atoms with van der Waals surface area (Å²) in [5.41, 5.74) is -0.118. The molecule has 0 fully saturated rings. The number of ether oxygens (including phenoxy) is 5. The van der Waals surface area contributed by atoms with Crippen LogP contribution in [0, 0.1) is 0 Å². The van der Waals surface area contributed by atoms with Gasteiger partial charge in [0.15, 0.2) is 23.9 Å². The Morgan fingerprint density at radius 1 is 0.971 bits per heavy atom. The van der Waals surface area contributed by atoms with Crippen molar-refractivity contribution in [1.29, 1.82) is 0 Å². The first-order chi connectivity index (χ1) is 16.6. The molecule has 0 N–H and O–H groups in total. The van der Waals surface area contributed by atoms with Crippen LogP contribution < -0.4 is 24.4 Å². The zero-order chi connectivity index (χ0) is 25.7. The number of rotatable bonds is 8. The van der Waals surface area contributed by atoms with Crippen molar-refractivity contribution >= 4 is 44.8 Å². The van der Waals surface area contributed by atoms with Gasteiger partial charge < -0.3 is 28.1 Å². The number of fused-ring (bicyclic) bond motifs is 1. The standard InChI is InChI=1S/C24H21BrO10/c1-5-31-20(28)11-32-17-8-14(6-7-16(17)30-4)24-22(25)23(29)21-18(34-13(3)27)9-15(33-12(2)26)10-19(21)35-24/h6-10H,5,11H2,1-4H3. The van der Waals surface area contributed by atoms with Gasteiger partial charge in [-0.1, -0.05) is 0 Å². The Morgan fingerprint density at radius 3 is 2.31 bits per heavy atom. The van der Waals surface area contributed by atoms with Crippen molar-refractivity contribution in [2.24, 2.45) is 0 Å². The van der Waals surface area contributed by atoms with E-state index < -0.39 is 23.3 Å². The largest absolute Gasteiger partial charge is 0.493 e. The van der Waals surface area contributed by atoms with Crippen LogP contribution in [0.5, 0.6) is 23.0 Å². The minimum atomic E-state index is -0.676. The summed E-state index contributed by atoms with van der Waals surface area (Å²) in [6.45, 7) is 3.91. The van der Waals surface area contributed by atoms with Crippen LogP contribution in [-0.4, -0.2) is 38.2 Å². The van der Waals surface area contributed by atoms with Crippen LogP contribution in [0.25, 0.3) is 22.3 Å². The van der Waals surface area contributed by atoms with Crippen molar-refractivity contribution in [3.8, 4) is 34.3 Å². The molecule has 10 nitrogen and oxygen atoms in total. The highest BCUT2D eigenvalue weighted by atomic mass is 79.9. The lowest BCUT2D eigenvalue weighted by molar-refractivity contribution is -0.145. The average Bonchev–Trinajstić information content (AvgIpc) is 2.79. The maximum Gasteiger partial charge on any atom is 0.344 e. The maximum atomic E-state index is 13.2. The normalized spacial score (nSPS) is 10.5. The molecule has 0 radical (unpaired) electrons. The van der Waals surface area contributed by atoms with Gasteiger partial charge in [-0.3, -0.25) is 14.4 Å². The van der Waals surface area contributed by atoms with Gasteiger partial charge in [-0.2, -0.15) is 0 Å². The van der Waals surface area contributed by atoms with Crippen LogP contribution in [0.1, 0.15) is 20.8 Å². The van der Waals surface area contributed by atoms with Crippen molar-refractivity contribution in [3.05, 3.63) is 45.0 Å². The average molecular weight is 549 g/mol. The summed E-state index contributed by atoms with van der Waals surface area (Å²) in [5.74, 6) is -1.30. The highest BCUT2D eigenvalue weighted by molar-refractivity contribution is 9.10. The summed E-state index contributed by atoms with van der Waals surface area (Å²) in [6.07, 6.45) is 0. The number of esters is 3. The first kappa shape index (κ1) is 25.8. The molecule has 0 aliphatic rings. The molecule has 0 saturated heterocycles. The van der Waals surface area contributed by atoms with Gasteiger partial charge in [0.2, 0.25) is 5.43 Å². The Bertz CT molecular complexity index is 1360. The Kier molecular flexibility index (Phi) is 8.13. The third kappa shape index (κ3) is 5.99. The number of methoxy groups -OCH3 is 1. The van der Waals surface area contributed by atoms with Crippen LogP contribution in [-0.2, 0) is 19.1 Å². The van der Waals surface area contributed by atoms with E-state index in [1.807, 2.05) is 0 Å². The number of hydrogen-bond donors (Lipinski definition) is 0. The fourth-order valence-electron chi connectivity index (χ4n) is 3.15. The van der Waals surface area contributed by atoms with Gasteiger partial charge >= 0.3 is 17.9 Å². The van der Waals surface area contributed by atoms with E-state index in [9.17, 15) is 19.2 Å². The second kappa shape index (κ2) is 11.0. The third-order valence-electron chi connectivity index (χ3n) is 4.47. The number of benzene rings is 2. The molecular formula is C24H21BrO10. The van der Waals surface area contributed by atoms with Crippen LogP contribution >= 0.6 is 15.9 Å². The van der Waals surface area contributed by atoms with Crippen LogP contribution in [0.4, 0.5) is 0 Å². The Morgan fingerprint density at radius 2 is 1.69 bits per heavy atom. The molecule has 35 heavy (non-hydrogen) atoms. The Hall–Kier alpha value is -3.86. The van der Waals surface area contributed by atoms with Gasteiger partial charge in [-0.05, 0) is 41.1 Å². The number of halogens is 1. The zero-order valence-corrected chi connectivity index (χ0v) is 20.8. The molecule has 3 rings (SSSR count). The molecular weight excluding hydrogens is 528 g/mol. The minimum Gasteiger partial charge on any atom is -0.493 e. The first-order valence-corrected chi connectivity index (χ1v) is 11.1. The van der Waals surface area contributed by atoms with Gasteiger partial charge in [0.05, 0.1) is 13.7 Å². The molecule has 0 spiro atoms. The Balaban J connectivity index is 2.16. The number of carbonyl (C=O) groups excluding carboxylic acids is 3. The van der Waals surface area contributed by atoms with Crippen molar-refractivity contribution in [2.45, 2.75) is 20.8 Å². The molecule has 0 aliphatic carbocycles. The number of hydrogen-bond acceptors (Lipinski definition) is 10. The van der Waals surface area contributed by atoms with Crippen LogP contribution in [0.15, 0.2) is 44.0 Å². The van der Waals surface area contributed by atoms with E-state index >= 15 is 0 Å². The topological polar surface area (TPSA) is 128 Å². The van der Waals surface area contributed by atoms with Crippen LogP contribution in [0.2, 0.25) is 0 Å². The quantitative estimate of drug-likeness (QED) is 0.300. The molecule has 1 aromatic heterocycles. The number of carbonyl (C=O) groups is 3. The molecule has 0 atom stereocenters. The van der Waals surface area contributed by atoms with Gasteiger partial charge in [-0.25, -0.2) is 4.79 Å². The summed E-state index contributed by atoms with van der Waals surface area (Å²) >= 11 is 3.26. The molecule has 0 saturated carbocycles. The van der Waals surface area contributed by atoms with E-state index in [0.29, 0.717) is 11.3 Å². The molecule has 1 heterocycles. The van der Waals surface area contributed by atoms with Gasteiger partial charge in [-0.15, -0.1) is 0 Å². The van der Waals surface area contributed by atoms with Gasteiger partial charge in [0.25, 0.3) is 0 Å². The van der Waals surface area contributed by atoms with Crippen molar-refractivity contribution in [2.75, 3.05) is 20.3 Å². The smallest absolute Gasteiger partial charge is 0.344 e. The van der Waals surface area contributed by atoms with Crippen molar-refractivity contribution < 1.29 is 42.5 Å². The van der Waals surface area contributed by atoms with Crippen molar-refractivity contribution in [1.82, 2.24) is 0 Å². The fraction of sp³-hybridized carbons (Fsp3) is 0.250. The molecule has 0 bridgehead atoms. The molecule has 0 unspecified atom stereocenters. The predicted molar refractivity (Wildman–Crippen MR) is 127 cm³/mol. The zero-order valence-electron chi connectivity index (χ0n) is 19.3. The van der Waals surface area contributed by atoms with Crippen molar-refractivity contribution in [3.63, 3.8) is 0 Å². The molecule has 11 heteroatoms. The van der Waals surface area contributed by atoms with E-state index in [1.165, 1.54) is 39.2 Å². The van der Waals surface area contributed by atoms with E-state index in [1.54, 1.807) is 19.1 Å². The second-order valence-corrected chi connectivity index (χ2v) is 7.81. The maximum absolute atomic E-state index is 13.2. The fourth-order valence-corrected chi connectivity index (χ4v) is 3.66. The molecule has 3 aromatic rings. The SMILES string of the molecule is CCOC(=O)COc1cc(-c2oc3cc(OC(C)=O)cc(OC(C)=O)c3c(=O)c2Br)ccc1OC. The lowest BCUT2D eigenvalue weighted by Gasteiger charge is -2.14. The Labute approximate surface area is 207 Å². The van der Waals surface area contributed by atoms with Crippen LogP contribution in [0.3, 0.4) is 0 Å². The van der Waals surface area contributed by atoms with E-state index in [0.717, 1.165) is 0 Å². The van der Waals surface area contributed by atoms with E-state index in [2.05, 4.69) is 15.9 Å². The minimum absolute atomic E-state index is 0.00742. The first-order valence-electron chi connectivity index (χ1n) is 10.3. The summed E-state index contributed by atoms with van der Waals surface area (Å²) in [5, 5.41) is -0.0287. The van der Waals surface area contributed by atoms with E-state index in [-0.39, 0.29) is 51.7 Å². The monoisotopic (exact) mass is 548 g/mol. The van der Waals surface area contributed by atoms with Gasteiger partial charge in [0.1, 0.15) is 26.9 Å². The molecule has 0 amide bonds. The lowest BCUT2D eigenvalue weighted by Crippen LogP contribution is -2.15. The summed E-state index contributed by atoms with van der Waals surface area (Å²) in [7, 11) is 1.44. The lowest BCUT2D eigenvalue weighted by atomic mass is 10.1. The second-order valence-electron chi connectivity index (χ2n) is 7.02. The predicted octanol–water partition coefficient (Wildman–Crippen LogP) is 4.02. The third-order valence-corrected chi connectivity index (χ3v) is 5.19. The summed E-state index contributed by atoms with van der Waals surface area (Å²) in [4.78, 5) is 48.0. The highest BCUT2D eigenvalue weighted by Gasteiger charge is 2.21. The molecule has 2 aromatic carbocycles. The van der Waals surface area contributed by atoms with E-state index in [4.69, 9.17) is 28.1 Å². The van der Waals surface area contributed by atoms with Gasteiger partial charge in [0, 0.05) is 31.5 Å².